The molecule has 19 rings (SSSR count). The van der Waals surface area contributed by atoms with Crippen LogP contribution in [0.4, 0.5) is 66.5 Å². The van der Waals surface area contributed by atoms with Crippen LogP contribution < -0.4 is 52.8 Å². The number of halogens is 3. The molecule has 23 N–H and O–H groups in total. The molecule has 47 nitrogen and oxygen atoms in total. The molecule has 0 fully saturated rings. The number of carbonyl (C=O) groups is 7. The molecule has 149 heavy (non-hydrogen) atoms. The van der Waals surface area contributed by atoms with Crippen LogP contribution in [0.2, 0.25) is 15.1 Å². The standard InChI is InChI=1S/C20H19N7O4S.C17H15N5O4S.C17H19N5O2.C14H10Cl2N4OS.C14H12N6O2S.C13H10ClN5O2/c1-20(2)16(29)15(28)17(30)26(20)13-8-6-11(7-9-13)21-18(31)22-12-4-3-5-14(10-12)27-19(32)23-24-25-27;23-12-4-5-14(24)13(9-12)15(25)6-7-16(26)18-10-2-1-3-11(8-10)22-17(27)19-20-21-22;1-3-22(4-2)16-8-6-12(23)10-13(16)17(24)18-11-5-7-14-15(9-11)20-21-19-14;15-11-6-9(7-12(16)13(11)21)4-8-2-1-3-10(5-8)20-14(22)17-18-19-20;15-12-5-4-10(21)7-11(12)13(22)16-8-2-1-3-9(6-8)20-14(23)17-18-19-20;14-9-6-8(20)2-4-10(9)16-13(21)15-7-1-3-11-12(5-7)18-19-17-11/h3-10,28-29H,1-2H3,(H2,21,22,31)(H,23,25,32);1-5,8-9,23-24H,6-7H2,(H,18,26)(H,19,21,27);5-10,23H,3-4H2,1-2H3,(H,18,24)(H,19,20,21);1-3,5-7,21H,4H2,(H,17,19,22);1-7,21H,15H2,(H,16,22)(H,17,19,23);1-6,20H,(H2,15,16,21)(H,17,18,19). The van der Waals surface area contributed by atoms with Gasteiger partial charge in [-0.05, 0) is 300 Å². The number of amides is 8. The molecule has 0 radical (unpaired) electrons. The lowest BCUT2D eigenvalue weighted by molar-refractivity contribution is -0.117. The number of tetrazole rings is 4. The minimum absolute atomic E-state index is 0.0223. The summed E-state index contributed by atoms with van der Waals surface area (Å²) in [5.74, 6) is -3.71. The smallest absolute Gasteiger partial charge is 0.323 e. The van der Waals surface area contributed by atoms with Crippen molar-refractivity contribution in [3.63, 3.8) is 0 Å². The minimum atomic E-state index is -1.09. The largest absolute Gasteiger partial charge is 0.508 e. The third kappa shape index (κ3) is 27.1. The van der Waals surface area contributed by atoms with Gasteiger partial charge in [0.1, 0.15) is 56.4 Å². The van der Waals surface area contributed by atoms with Gasteiger partial charge in [0.15, 0.2) is 17.3 Å². The number of ketones is 1. The summed E-state index contributed by atoms with van der Waals surface area (Å²) < 4.78 is 7.18. The number of anilines is 10. The molecule has 18 aromatic rings. The number of H-pyrrole nitrogens is 6. The second-order valence-electron chi connectivity index (χ2n) is 32.1. The number of carbonyl (C=O) groups excluding carboxylic acids is 7. The topological polar surface area (TPSA) is 667 Å². The Labute approximate surface area is 876 Å². The van der Waals surface area contributed by atoms with Gasteiger partial charge in [0.25, 0.3) is 17.7 Å². The first-order chi connectivity index (χ1) is 71.4. The number of benzene rings is 12. The van der Waals surface area contributed by atoms with Crippen LogP contribution in [0.15, 0.2) is 254 Å². The van der Waals surface area contributed by atoms with Gasteiger partial charge in [0.05, 0.1) is 60.2 Å². The summed E-state index contributed by atoms with van der Waals surface area (Å²) in [4.78, 5) is 89.2. The Kier molecular flexibility index (Phi) is 34.3. The Hall–Kier alpha value is -18.7. The van der Waals surface area contributed by atoms with Crippen molar-refractivity contribution < 1.29 is 74.4 Å². The molecule has 1 aliphatic rings. The second kappa shape index (κ2) is 48.1. The minimum Gasteiger partial charge on any atom is -0.508 e. The van der Waals surface area contributed by atoms with Crippen molar-refractivity contribution in [1.82, 2.24) is 112 Å². The number of rotatable bonds is 23. The monoisotopic (exact) mass is 2150 g/mol. The van der Waals surface area contributed by atoms with E-state index in [-0.39, 0.29) is 105 Å². The van der Waals surface area contributed by atoms with E-state index >= 15 is 0 Å². The first-order valence-corrected chi connectivity index (χ1v) is 46.8. The first-order valence-electron chi connectivity index (χ1n) is 44.0. The van der Waals surface area contributed by atoms with Gasteiger partial charge in [0, 0.05) is 83.2 Å². The molecular weight excluding hydrogens is 2060 g/mol. The van der Waals surface area contributed by atoms with Crippen molar-refractivity contribution in [2.75, 3.05) is 65.8 Å². The zero-order chi connectivity index (χ0) is 106. The number of phenolic OH excluding ortho intramolecular Hbond substituents is 6. The van der Waals surface area contributed by atoms with E-state index in [1.54, 1.807) is 176 Å². The maximum atomic E-state index is 12.7. The molecule has 0 bridgehead atoms. The van der Waals surface area contributed by atoms with E-state index in [0.717, 1.165) is 41.1 Å². The highest BCUT2D eigenvalue weighted by molar-refractivity contribution is 7.71. The molecule has 54 heteroatoms. The van der Waals surface area contributed by atoms with Crippen molar-refractivity contribution in [3.05, 3.63) is 316 Å². The van der Waals surface area contributed by atoms with Gasteiger partial charge in [-0.3, -0.25) is 28.9 Å². The first kappa shape index (κ1) is 106. The Balaban J connectivity index is 0.000000142. The molecular formula is C95H85Cl3N32O15S4. The molecule has 760 valence electrons. The van der Waals surface area contributed by atoms with E-state index < -0.39 is 46.7 Å². The molecule has 0 atom stereocenters. The molecule has 0 saturated carbocycles. The number of nitrogens with zero attached hydrogens (tertiary/aromatic N) is 18. The SMILES string of the molecule is CC1(C)C(O)=C(O)C(=O)N1c1ccc(NC(=O)Nc2cccc(-n3[nH]nnc3=S)c2)cc1.CCN(CC)c1ccc(O)cc1C(=O)Nc1ccc2n[nH]nc2c1.Nc1ccc(O)cc1C(=O)Nc1cccc(-n2[nH]nnc2=S)c1.O=C(CCC(=O)c1cc(O)ccc1O)Nc1cccc(-n2[nH]nnc2=S)c1.O=C(Nc1ccc2n[nH]nc2c1)Nc1ccc(O)cc1Cl.Oc1c(Cl)cc(Cc2cccc(-n3[nH]nnc3=S)c2)cc1Cl. The Morgan fingerprint density at radius 1 is 0.403 bits per heavy atom. The number of nitrogen functional groups attached to an aromatic ring is 1. The van der Waals surface area contributed by atoms with Crippen molar-refractivity contribution in [2.24, 2.45) is 0 Å². The van der Waals surface area contributed by atoms with Crippen molar-refractivity contribution in [1.29, 1.82) is 0 Å². The number of aliphatic hydroxyl groups is 2. The summed E-state index contributed by atoms with van der Waals surface area (Å²) >= 11 is 38.0. The average molecular weight is 2150 g/mol. The normalized spacial score (nSPS) is 11.6. The number of aromatic amines is 6. The number of hydrogen-bond acceptors (Lipinski definition) is 33. The maximum absolute atomic E-state index is 12.7. The lowest BCUT2D eigenvalue weighted by atomic mass is 10.0. The van der Waals surface area contributed by atoms with Crippen LogP contribution in [0.1, 0.15) is 82.7 Å². The van der Waals surface area contributed by atoms with E-state index in [1.165, 1.54) is 79.6 Å². The zero-order valence-corrected chi connectivity index (χ0v) is 83.5. The van der Waals surface area contributed by atoms with Crippen LogP contribution in [-0.4, -0.2) is 213 Å². The van der Waals surface area contributed by atoms with Gasteiger partial charge in [-0.2, -0.15) is 51.7 Å². The number of phenols is 6. The highest BCUT2D eigenvalue weighted by atomic mass is 35.5. The quantitative estimate of drug-likeness (QED) is 0.0122. The molecule has 6 aromatic heterocycles. The van der Waals surface area contributed by atoms with Crippen molar-refractivity contribution in [2.45, 2.75) is 52.5 Å². The fourth-order valence-electron chi connectivity index (χ4n) is 14.4. The van der Waals surface area contributed by atoms with Gasteiger partial charge in [-0.15, -0.1) is 0 Å². The van der Waals surface area contributed by atoms with Crippen LogP contribution >= 0.6 is 83.7 Å². The Morgan fingerprint density at radius 3 is 1.31 bits per heavy atom. The Morgan fingerprint density at radius 2 is 0.819 bits per heavy atom. The average Bonchev–Trinajstić information content (AvgIpc) is 1.60. The van der Waals surface area contributed by atoms with E-state index in [9.17, 15) is 74.4 Å². The summed E-state index contributed by atoms with van der Waals surface area (Å²) in [6, 6.07) is 64.8. The van der Waals surface area contributed by atoms with Crippen LogP contribution in [0.5, 0.6) is 34.5 Å². The Bertz CT molecular complexity index is 8300. The third-order valence-electron chi connectivity index (χ3n) is 21.6. The molecule has 7 heterocycles. The number of nitrogens with one attached hydrogen (secondary N) is 13. The summed E-state index contributed by atoms with van der Waals surface area (Å²) in [6.07, 6.45) is 0.420. The van der Waals surface area contributed by atoms with E-state index in [0.29, 0.717) is 95.9 Å². The lowest BCUT2D eigenvalue weighted by Crippen LogP contribution is -2.43. The summed E-state index contributed by atoms with van der Waals surface area (Å²) in [5, 5.41) is 158. The van der Waals surface area contributed by atoms with E-state index in [1.807, 2.05) is 38.1 Å². The number of fused-ring (bicyclic) bond motifs is 2. The van der Waals surface area contributed by atoms with Gasteiger partial charge in [-0.1, -0.05) is 106 Å². The van der Waals surface area contributed by atoms with Crippen LogP contribution in [-0.2, 0) is 16.0 Å². The van der Waals surface area contributed by atoms with Gasteiger partial charge in [0.2, 0.25) is 30.8 Å². The second-order valence-corrected chi connectivity index (χ2v) is 34.8. The highest BCUT2D eigenvalue weighted by Gasteiger charge is 2.47. The van der Waals surface area contributed by atoms with Crippen molar-refractivity contribution >= 4 is 204 Å². The van der Waals surface area contributed by atoms with Gasteiger partial charge in [-0.25, -0.2) is 28.3 Å². The number of aromatic nitrogens is 22. The molecule has 1 aliphatic heterocycles. The van der Waals surface area contributed by atoms with Gasteiger partial charge >= 0.3 is 12.1 Å². The fraction of sp³-hybridized carbons (Fsp3) is 0.105. The summed E-state index contributed by atoms with van der Waals surface area (Å²) in [5.41, 5.74) is 17.9. The summed E-state index contributed by atoms with van der Waals surface area (Å²) in [7, 11) is 0. The molecule has 0 unspecified atom stereocenters. The highest BCUT2D eigenvalue weighted by Crippen LogP contribution is 2.39. The number of hydrogen-bond donors (Lipinski definition) is 22. The number of aromatic hydroxyl groups is 6. The van der Waals surface area contributed by atoms with Crippen LogP contribution in [0, 0.1) is 19.1 Å². The van der Waals surface area contributed by atoms with Crippen LogP contribution in [0.3, 0.4) is 0 Å². The third-order valence-corrected chi connectivity index (χ3v) is 23.6. The molecule has 0 spiro atoms. The lowest BCUT2D eigenvalue weighted by Gasteiger charge is -2.31. The maximum Gasteiger partial charge on any atom is 0.323 e. The van der Waals surface area contributed by atoms with Crippen LogP contribution in [0.25, 0.3) is 44.8 Å². The van der Waals surface area contributed by atoms with E-state index in [4.69, 9.17) is 89.4 Å². The zero-order valence-electron chi connectivity index (χ0n) is 78.0. The number of Topliss-reactive ketones (excluding diaryl/α,β-unsaturated/α-hetero) is 1. The molecule has 0 saturated heterocycles. The molecule has 0 aliphatic carbocycles. The van der Waals surface area contributed by atoms with E-state index in [2.05, 4.69) is 135 Å². The van der Waals surface area contributed by atoms with Crippen molar-refractivity contribution in [3.8, 4) is 57.2 Å². The predicted molar refractivity (Wildman–Crippen MR) is 566 cm³/mol. The molecule has 12 aromatic carbocycles. The van der Waals surface area contributed by atoms with Gasteiger partial charge < -0.3 is 88.7 Å². The summed E-state index contributed by atoms with van der Waals surface area (Å²) in [6.45, 7) is 8.82. The predicted octanol–water partition coefficient (Wildman–Crippen LogP) is 17.3. The molecule has 8 amide bonds. The fourth-order valence-corrected chi connectivity index (χ4v) is 15.9. The number of aliphatic hydroxyl groups excluding tert-OH is 2. The number of nitrogens with two attached hydrogens (primary N) is 1. The number of urea groups is 2.